The molecule has 2 aromatic carbocycles. The van der Waals surface area contributed by atoms with Gasteiger partial charge < -0.3 is 10.1 Å². The quantitative estimate of drug-likeness (QED) is 0.382. The zero-order chi connectivity index (χ0) is 27.3. The van der Waals surface area contributed by atoms with Gasteiger partial charge in [0.1, 0.15) is 18.3 Å². The fraction of sp³-hybridized carbons (Fsp3) is 0.286. The van der Waals surface area contributed by atoms with Crippen LogP contribution in [0.1, 0.15) is 37.9 Å². The highest BCUT2D eigenvalue weighted by molar-refractivity contribution is 6.01. The van der Waals surface area contributed by atoms with Gasteiger partial charge in [-0.25, -0.2) is 0 Å². The number of pyridine rings is 1. The fourth-order valence-electron chi connectivity index (χ4n) is 3.91. The van der Waals surface area contributed by atoms with Crippen LogP contribution in [0.2, 0.25) is 0 Å². The predicted octanol–water partition coefficient (Wildman–Crippen LogP) is 3.74. The second-order valence-corrected chi connectivity index (χ2v) is 9.89. The molecule has 38 heavy (non-hydrogen) atoms. The maximum atomic E-state index is 13.9. The molecule has 4 aromatic rings. The number of ether oxygens (including phenoxy) is 1. The summed E-state index contributed by atoms with van der Waals surface area (Å²) in [6.45, 7) is 7.44. The van der Waals surface area contributed by atoms with E-state index in [0.29, 0.717) is 22.8 Å². The molecule has 0 saturated carbocycles. The molecule has 10 heteroatoms. The molecule has 1 N–H and O–H groups in total. The molecule has 0 radical (unpaired) electrons. The van der Waals surface area contributed by atoms with Crippen LogP contribution in [0.25, 0.3) is 11.4 Å². The maximum Gasteiger partial charge on any atom is 0.251 e. The number of rotatable bonds is 8. The number of benzene rings is 2. The normalized spacial score (nSPS) is 12.0. The third-order valence-corrected chi connectivity index (χ3v) is 5.69. The smallest absolute Gasteiger partial charge is 0.251 e. The lowest BCUT2D eigenvalue weighted by atomic mass is 10.0. The molecule has 0 saturated heterocycles. The van der Waals surface area contributed by atoms with E-state index in [2.05, 4.69) is 25.7 Å². The molecule has 0 aliphatic rings. The number of carbonyl (C=O) groups excluding carboxylic acids is 2. The highest BCUT2D eigenvalue weighted by Gasteiger charge is 2.35. The summed E-state index contributed by atoms with van der Waals surface area (Å²) in [6.07, 6.45) is 3.19. The van der Waals surface area contributed by atoms with Gasteiger partial charge in [-0.05, 0) is 74.9 Å². The summed E-state index contributed by atoms with van der Waals surface area (Å²) >= 11 is 0. The van der Waals surface area contributed by atoms with Gasteiger partial charge >= 0.3 is 0 Å². The molecule has 0 aliphatic carbocycles. The van der Waals surface area contributed by atoms with Crippen LogP contribution >= 0.6 is 0 Å². The van der Waals surface area contributed by atoms with Gasteiger partial charge in [-0.2, -0.15) is 4.80 Å². The standard InChI is InChI=1S/C28H31N7O3/c1-19-6-8-21(9-7-19)26-31-33-34(32-26)18-24(36)35(22-10-12-23(38-5)13-11-22)25(20-14-16-29-17-15-20)27(37)30-28(2,3)4/h6-17,25H,18H2,1-5H3,(H,30,37). The van der Waals surface area contributed by atoms with Crippen LogP contribution in [0.5, 0.6) is 5.75 Å². The Balaban J connectivity index is 1.72. The first-order valence-electron chi connectivity index (χ1n) is 12.2. The van der Waals surface area contributed by atoms with Gasteiger partial charge in [0.15, 0.2) is 0 Å². The first kappa shape index (κ1) is 26.5. The molecular formula is C28H31N7O3. The number of tetrazole rings is 1. The third-order valence-electron chi connectivity index (χ3n) is 5.69. The number of nitrogens with one attached hydrogen (secondary N) is 1. The van der Waals surface area contributed by atoms with Crippen molar-refractivity contribution in [3.8, 4) is 17.1 Å². The van der Waals surface area contributed by atoms with Gasteiger partial charge in [0, 0.05) is 29.2 Å². The van der Waals surface area contributed by atoms with Crippen LogP contribution in [0.15, 0.2) is 73.1 Å². The first-order chi connectivity index (χ1) is 18.1. The number of nitrogens with zero attached hydrogens (tertiary/aromatic N) is 6. The molecule has 2 heterocycles. The van der Waals surface area contributed by atoms with Gasteiger partial charge in [0.25, 0.3) is 5.91 Å². The minimum atomic E-state index is -0.974. The van der Waals surface area contributed by atoms with E-state index in [4.69, 9.17) is 4.74 Å². The average Bonchev–Trinajstić information content (AvgIpc) is 3.35. The molecule has 4 rings (SSSR count). The zero-order valence-corrected chi connectivity index (χ0v) is 22.1. The third kappa shape index (κ3) is 6.39. The van der Waals surface area contributed by atoms with Crippen molar-refractivity contribution in [2.24, 2.45) is 0 Å². The van der Waals surface area contributed by atoms with Crippen molar-refractivity contribution in [3.63, 3.8) is 0 Å². The van der Waals surface area contributed by atoms with Crippen molar-refractivity contribution in [1.29, 1.82) is 0 Å². The topological polar surface area (TPSA) is 115 Å². The van der Waals surface area contributed by atoms with Crippen molar-refractivity contribution in [3.05, 3.63) is 84.2 Å². The zero-order valence-electron chi connectivity index (χ0n) is 22.1. The Bertz CT molecular complexity index is 1380. The van der Waals surface area contributed by atoms with Crippen molar-refractivity contribution in [2.45, 2.75) is 45.8 Å². The van der Waals surface area contributed by atoms with E-state index < -0.39 is 17.5 Å². The van der Waals surface area contributed by atoms with Crippen molar-refractivity contribution >= 4 is 17.5 Å². The molecule has 0 aliphatic heterocycles. The molecule has 0 fully saturated rings. The Kier molecular flexibility index (Phi) is 7.80. The highest BCUT2D eigenvalue weighted by Crippen LogP contribution is 2.30. The number of carbonyl (C=O) groups is 2. The summed E-state index contributed by atoms with van der Waals surface area (Å²) in [5.41, 5.74) is 2.51. The van der Waals surface area contributed by atoms with Gasteiger partial charge in [-0.15, -0.1) is 10.2 Å². The summed E-state index contributed by atoms with van der Waals surface area (Å²) in [6, 6.07) is 17.1. The lowest BCUT2D eigenvalue weighted by Gasteiger charge is -2.33. The number of hydrogen-bond donors (Lipinski definition) is 1. The van der Waals surface area contributed by atoms with Crippen LogP contribution in [-0.4, -0.2) is 49.7 Å². The number of anilines is 1. The first-order valence-corrected chi connectivity index (χ1v) is 12.2. The van der Waals surface area contributed by atoms with Crippen LogP contribution < -0.4 is 15.0 Å². The predicted molar refractivity (Wildman–Crippen MR) is 143 cm³/mol. The van der Waals surface area contributed by atoms with E-state index in [1.54, 1.807) is 55.9 Å². The highest BCUT2D eigenvalue weighted by atomic mass is 16.5. The monoisotopic (exact) mass is 513 g/mol. The van der Waals surface area contributed by atoms with E-state index in [-0.39, 0.29) is 12.5 Å². The van der Waals surface area contributed by atoms with Crippen molar-refractivity contribution in [2.75, 3.05) is 12.0 Å². The molecule has 0 spiro atoms. The second-order valence-electron chi connectivity index (χ2n) is 9.89. The van der Waals surface area contributed by atoms with Gasteiger partial charge in [0.2, 0.25) is 11.7 Å². The molecule has 196 valence electrons. The average molecular weight is 514 g/mol. The Morgan fingerprint density at radius 2 is 1.66 bits per heavy atom. The van der Waals surface area contributed by atoms with E-state index in [1.807, 2.05) is 52.0 Å². The van der Waals surface area contributed by atoms with E-state index in [0.717, 1.165) is 11.1 Å². The fourth-order valence-corrected chi connectivity index (χ4v) is 3.91. The number of aryl methyl sites for hydroxylation is 1. The number of hydrogen-bond acceptors (Lipinski definition) is 7. The Morgan fingerprint density at radius 1 is 1.00 bits per heavy atom. The van der Waals surface area contributed by atoms with Crippen molar-refractivity contribution in [1.82, 2.24) is 30.5 Å². The molecule has 1 unspecified atom stereocenters. The van der Waals surface area contributed by atoms with Gasteiger partial charge in [0.05, 0.1) is 7.11 Å². The van der Waals surface area contributed by atoms with E-state index >= 15 is 0 Å². The molecule has 2 aromatic heterocycles. The van der Waals surface area contributed by atoms with Crippen LogP contribution in [0.3, 0.4) is 0 Å². The largest absolute Gasteiger partial charge is 0.497 e. The molecule has 2 amide bonds. The van der Waals surface area contributed by atoms with Crippen LogP contribution in [0, 0.1) is 6.92 Å². The Labute approximate surface area is 221 Å². The number of methoxy groups -OCH3 is 1. The van der Waals surface area contributed by atoms with Crippen molar-refractivity contribution < 1.29 is 14.3 Å². The minimum Gasteiger partial charge on any atom is -0.497 e. The lowest BCUT2D eigenvalue weighted by molar-refractivity contribution is -0.128. The minimum absolute atomic E-state index is 0.227. The summed E-state index contributed by atoms with van der Waals surface area (Å²) in [5, 5.41) is 15.6. The lowest BCUT2D eigenvalue weighted by Crippen LogP contribution is -2.50. The molecular weight excluding hydrogens is 482 g/mol. The summed E-state index contributed by atoms with van der Waals surface area (Å²) < 4.78 is 5.29. The van der Waals surface area contributed by atoms with Crippen LogP contribution in [0.4, 0.5) is 5.69 Å². The van der Waals surface area contributed by atoms with Gasteiger partial charge in [-0.3, -0.25) is 19.5 Å². The number of aromatic nitrogens is 5. The summed E-state index contributed by atoms with van der Waals surface area (Å²) in [4.78, 5) is 34.3. The Hall–Kier alpha value is -4.60. The molecule has 0 bridgehead atoms. The summed E-state index contributed by atoms with van der Waals surface area (Å²) in [5.74, 6) is 0.306. The van der Waals surface area contributed by atoms with Crippen LogP contribution in [-0.2, 0) is 16.1 Å². The molecule has 1 atom stereocenters. The maximum absolute atomic E-state index is 13.9. The van der Waals surface area contributed by atoms with E-state index in [1.165, 1.54) is 9.70 Å². The second kappa shape index (κ2) is 11.2. The summed E-state index contributed by atoms with van der Waals surface area (Å²) in [7, 11) is 1.57. The SMILES string of the molecule is COc1ccc(N(C(=O)Cn2nnc(-c3ccc(C)cc3)n2)C(C(=O)NC(C)(C)C)c2ccncc2)cc1. The van der Waals surface area contributed by atoms with Gasteiger partial charge in [-0.1, -0.05) is 29.8 Å². The molecule has 10 nitrogen and oxygen atoms in total. The van der Waals surface area contributed by atoms with E-state index in [9.17, 15) is 9.59 Å². The number of amides is 2. The Morgan fingerprint density at radius 3 is 2.26 bits per heavy atom.